The van der Waals surface area contributed by atoms with Gasteiger partial charge in [0.05, 0.1) is 0 Å². The highest BCUT2D eigenvalue weighted by Gasteiger charge is 2.31. The molecule has 0 aromatic rings. The molecule has 0 saturated heterocycles. The molecule has 0 rings (SSSR count). The molecule has 0 saturated carbocycles. The number of hydrogen-bond acceptors (Lipinski definition) is 3. The fourth-order valence-electron chi connectivity index (χ4n) is 2.96. The summed E-state index contributed by atoms with van der Waals surface area (Å²) in [6, 6.07) is -1.00. The number of nitrogens with one attached hydrogen (secondary N) is 1. The number of hydrazine groups is 1. The molecule has 6 heteroatoms. The van der Waals surface area contributed by atoms with Gasteiger partial charge in [-0.2, -0.15) is 0 Å². The van der Waals surface area contributed by atoms with Gasteiger partial charge in [0.1, 0.15) is 0 Å². The van der Waals surface area contributed by atoms with Gasteiger partial charge in [-0.05, 0) is 19.3 Å². The van der Waals surface area contributed by atoms with Crippen molar-refractivity contribution in [1.29, 1.82) is 0 Å². The zero-order valence-electron chi connectivity index (χ0n) is 17.8. The Morgan fingerprint density at radius 1 is 0.852 bits per heavy atom. The number of carboxylic acid groups (broad SMARTS) is 1. The van der Waals surface area contributed by atoms with E-state index >= 15 is 0 Å². The zero-order chi connectivity index (χ0) is 20.7. The van der Waals surface area contributed by atoms with E-state index in [4.69, 9.17) is 0 Å². The Balaban J connectivity index is 5.01. The van der Waals surface area contributed by atoms with Crippen LogP contribution in [0.3, 0.4) is 0 Å². The predicted octanol–water partition coefficient (Wildman–Crippen LogP) is 4.68. The van der Waals surface area contributed by atoms with Gasteiger partial charge in [-0.15, -0.1) is 0 Å². The standard InChI is InChI=1S/C21H40N2O4/c1-5-8-11-13-14-17(4)20(25)22-23(19(24)16-12-9-6-2)18(21(26)27)15-10-7-3/h17-18H,5-16H2,1-4H3,(H,22,25)(H,26,27). The zero-order valence-corrected chi connectivity index (χ0v) is 17.8. The van der Waals surface area contributed by atoms with Crippen LogP contribution in [0.2, 0.25) is 0 Å². The molecule has 2 amide bonds. The highest BCUT2D eigenvalue weighted by atomic mass is 16.4. The summed E-state index contributed by atoms with van der Waals surface area (Å²) < 4.78 is 0. The molecule has 27 heavy (non-hydrogen) atoms. The van der Waals surface area contributed by atoms with E-state index in [9.17, 15) is 19.5 Å². The molecule has 0 aliphatic heterocycles. The molecule has 0 bridgehead atoms. The number of aliphatic carboxylic acids is 1. The smallest absolute Gasteiger partial charge is 0.328 e. The van der Waals surface area contributed by atoms with Crippen LogP contribution in [0.1, 0.15) is 105 Å². The fraction of sp³-hybridized carbons (Fsp3) is 0.857. The lowest BCUT2D eigenvalue weighted by molar-refractivity contribution is -0.157. The molecule has 2 N–H and O–H groups in total. The van der Waals surface area contributed by atoms with Gasteiger partial charge in [0.15, 0.2) is 6.04 Å². The Morgan fingerprint density at radius 3 is 2.00 bits per heavy atom. The molecule has 2 atom stereocenters. The summed E-state index contributed by atoms with van der Waals surface area (Å²) in [5.74, 6) is -1.88. The van der Waals surface area contributed by atoms with Gasteiger partial charge < -0.3 is 5.11 Å². The van der Waals surface area contributed by atoms with E-state index in [1.54, 1.807) is 0 Å². The van der Waals surface area contributed by atoms with Gasteiger partial charge in [-0.1, -0.05) is 79.1 Å². The van der Waals surface area contributed by atoms with Crippen LogP contribution in [0.15, 0.2) is 0 Å². The van der Waals surface area contributed by atoms with Crippen LogP contribution in [0.4, 0.5) is 0 Å². The molecular formula is C21H40N2O4. The number of nitrogens with zero attached hydrogens (tertiary/aromatic N) is 1. The second-order valence-electron chi connectivity index (χ2n) is 7.44. The summed E-state index contributed by atoms with van der Waals surface area (Å²) in [5.41, 5.74) is 2.64. The van der Waals surface area contributed by atoms with E-state index in [0.29, 0.717) is 19.3 Å². The van der Waals surface area contributed by atoms with Crippen molar-refractivity contribution in [2.24, 2.45) is 5.92 Å². The Bertz CT molecular complexity index is 440. The third kappa shape index (κ3) is 11.0. The number of carbonyl (C=O) groups is 3. The third-order valence-electron chi connectivity index (χ3n) is 4.86. The lowest BCUT2D eigenvalue weighted by Gasteiger charge is -2.30. The number of carbonyl (C=O) groups excluding carboxylic acids is 2. The van der Waals surface area contributed by atoms with Crippen LogP contribution >= 0.6 is 0 Å². The first-order chi connectivity index (χ1) is 12.9. The maximum Gasteiger partial charge on any atom is 0.328 e. The highest BCUT2D eigenvalue weighted by molar-refractivity contribution is 5.87. The van der Waals surface area contributed by atoms with E-state index in [1.807, 2.05) is 20.8 Å². The molecule has 0 aromatic heterocycles. The van der Waals surface area contributed by atoms with E-state index in [-0.39, 0.29) is 24.2 Å². The van der Waals surface area contributed by atoms with Crippen LogP contribution in [-0.2, 0) is 14.4 Å². The molecule has 6 nitrogen and oxygen atoms in total. The topological polar surface area (TPSA) is 86.7 Å². The van der Waals surface area contributed by atoms with Crippen LogP contribution in [0.25, 0.3) is 0 Å². The van der Waals surface area contributed by atoms with Crippen LogP contribution in [0.5, 0.6) is 0 Å². The number of hydrogen-bond donors (Lipinski definition) is 2. The molecule has 0 fully saturated rings. The Labute approximate surface area is 165 Å². The van der Waals surface area contributed by atoms with Crippen LogP contribution < -0.4 is 5.43 Å². The van der Waals surface area contributed by atoms with E-state index < -0.39 is 12.0 Å². The summed E-state index contributed by atoms with van der Waals surface area (Å²) in [7, 11) is 0. The highest BCUT2D eigenvalue weighted by Crippen LogP contribution is 2.14. The van der Waals surface area contributed by atoms with Crippen molar-refractivity contribution in [3.8, 4) is 0 Å². The van der Waals surface area contributed by atoms with Crippen molar-refractivity contribution in [1.82, 2.24) is 10.4 Å². The summed E-state index contributed by atoms with van der Waals surface area (Å²) in [6.07, 6.45) is 9.80. The lowest BCUT2D eigenvalue weighted by atomic mass is 10.0. The maximum absolute atomic E-state index is 12.6. The Morgan fingerprint density at radius 2 is 1.44 bits per heavy atom. The minimum atomic E-state index is -1.07. The van der Waals surface area contributed by atoms with Crippen molar-refractivity contribution in [3.05, 3.63) is 0 Å². The first-order valence-electron chi connectivity index (χ1n) is 10.7. The first kappa shape index (κ1) is 25.4. The minimum Gasteiger partial charge on any atom is -0.480 e. The SMILES string of the molecule is CCCCCCC(C)C(=O)NN(C(=O)CCCCC)C(CCCC)C(=O)O. The van der Waals surface area contributed by atoms with E-state index in [0.717, 1.165) is 56.4 Å². The number of rotatable bonds is 15. The second kappa shape index (κ2) is 15.5. The summed E-state index contributed by atoms with van der Waals surface area (Å²) in [6.45, 7) is 8.00. The number of amides is 2. The molecule has 0 spiro atoms. The van der Waals surface area contributed by atoms with Crippen molar-refractivity contribution in [2.45, 2.75) is 111 Å². The molecule has 0 aliphatic rings. The van der Waals surface area contributed by atoms with Crippen molar-refractivity contribution in [2.75, 3.05) is 0 Å². The number of unbranched alkanes of at least 4 members (excludes halogenated alkanes) is 6. The maximum atomic E-state index is 12.6. The third-order valence-corrected chi connectivity index (χ3v) is 4.86. The first-order valence-corrected chi connectivity index (χ1v) is 10.7. The lowest BCUT2D eigenvalue weighted by Crippen LogP contribution is -2.55. The quantitative estimate of drug-likeness (QED) is 0.317. The van der Waals surface area contributed by atoms with Gasteiger partial charge in [0.2, 0.25) is 11.8 Å². The Hall–Kier alpha value is -1.59. The van der Waals surface area contributed by atoms with Crippen LogP contribution in [-0.4, -0.2) is 33.9 Å². The summed E-state index contributed by atoms with van der Waals surface area (Å²) in [5, 5.41) is 10.7. The monoisotopic (exact) mass is 384 g/mol. The summed E-state index contributed by atoms with van der Waals surface area (Å²) in [4.78, 5) is 36.9. The van der Waals surface area contributed by atoms with Gasteiger partial charge in [-0.25, -0.2) is 9.80 Å². The molecule has 0 heterocycles. The second-order valence-corrected chi connectivity index (χ2v) is 7.44. The normalized spacial score (nSPS) is 13.0. The predicted molar refractivity (Wildman–Crippen MR) is 108 cm³/mol. The minimum absolute atomic E-state index is 0.242. The van der Waals surface area contributed by atoms with Crippen molar-refractivity contribution >= 4 is 17.8 Å². The molecule has 0 aliphatic carbocycles. The van der Waals surface area contributed by atoms with Crippen molar-refractivity contribution < 1.29 is 19.5 Å². The molecular weight excluding hydrogens is 344 g/mol. The average molecular weight is 385 g/mol. The molecule has 0 aromatic carbocycles. The summed E-state index contributed by atoms with van der Waals surface area (Å²) >= 11 is 0. The van der Waals surface area contributed by atoms with Crippen LogP contribution in [0, 0.1) is 5.92 Å². The van der Waals surface area contributed by atoms with Gasteiger partial charge in [-0.3, -0.25) is 15.0 Å². The van der Waals surface area contributed by atoms with E-state index in [1.165, 1.54) is 0 Å². The number of carboxylic acids is 1. The Kier molecular flexibility index (Phi) is 14.6. The fourth-order valence-corrected chi connectivity index (χ4v) is 2.96. The molecule has 158 valence electrons. The average Bonchev–Trinajstić information content (AvgIpc) is 2.64. The molecule has 0 radical (unpaired) electrons. The van der Waals surface area contributed by atoms with Gasteiger partial charge in [0, 0.05) is 12.3 Å². The van der Waals surface area contributed by atoms with Gasteiger partial charge >= 0.3 is 5.97 Å². The van der Waals surface area contributed by atoms with E-state index in [2.05, 4.69) is 12.3 Å². The largest absolute Gasteiger partial charge is 0.480 e. The van der Waals surface area contributed by atoms with Crippen molar-refractivity contribution in [3.63, 3.8) is 0 Å². The van der Waals surface area contributed by atoms with Gasteiger partial charge in [0.25, 0.3) is 0 Å². The molecule has 2 unspecified atom stereocenters.